The molecular weight excluding hydrogens is 481 g/mol. The Labute approximate surface area is 191 Å². The third-order valence-corrected chi connectivity index (χ3v) is 5.45. The molecule has 1 N–H and O–H groups in total. The summed E-state index contributed by atoms with van der Waals surface area (Å²) in [7, 11) is -2.83. The van der Waals surface area contributed by atoms with Gasteiger partial charge in [0.15, 0.2) is 16.4 Å². The van der Waals surface area contributed by atoms with Gasteiger partial charge in [-0.25, -0.2) is 13.4 Å². The van der Waals surface area contributed by atoms with Gasteiger partial charge in [-0.3, -0.25) is 4.79 Å². The van der Waals surface area contributed by atoms with Crippen molar-refractivity contribution in [2.24, 2.45) is 0 Å². The lowest BCUT2D eigenvalue weighted by Gasteiger charge is -2.24. The number of benzene rings is 2. The molecule has 0 saturated carbocycles. The zero-order valence-electron chi connectivity index (χ0n) is 16.6. The van der Waals surface area contributed by atoms with Crippen LogP contribution in [0.2, 0.25) is 0 Å². The summed E-state index contributed by atoms with van der Waals surface area (Å²) in [4.78, 5) is 18.2. The minimum absolute atomic E-state index is 0.0155. The number of rotatable bonds is 8. The number of amides is 1. The largest absolute Gasteiger partial charge is 0.573 e. The maximum absolute atomic E-state index is 12.5. The number of hydrogen-bond donors (Lipinski definition) is 2. The standard InChI is InChI=1S/C20H15F3N4O4S2/c21-20(22,23)31-16-7-3-14(4-8-16)10-27(15-5-1-13(9-24)2-6-15)19-17(25-11-32-19)18(28)26-12-33(29)30/h1-8,11,33H,10,12H2,(H,26,28). The number of ether oxygens (including phenoxy) is 1. The van der Waals surface area contributed by atoms with E-state index >= 15 is 0 Å². The number of thiol groups is 1. The van der Waals surface area contributed by atoms with E-state index in [4.69, 9.17) is 5.26 Å². The fraction of sp³-hybridized carbons (Fsp3) is 0.150. The third-order valence-electron chi connectivity index (χ3n) is 4.18. The van der Waals surface area contributed by atoms with E-state index in [1.54, 1.807) is 29.2 Å². The fourth-order valence-corrected chi connectivity index (χ4v) is 3.87. The molecule has 33 heavy (non-hydrogen) atoms. The molecule has 3 aromatic rings. The molecule has 0 saturated heterocycles. The average molecular weight is 496 g/mol. The van der Waals surface area contributed by atoms with Crippen LogP contribution < -0.4 is 15.0 Å². The molecule has 0 radical (unpaired) electrons. The summed E-state index contributed by atoms with van der Waals surface area (Å²) in [6.45, 7) is 0.135. The molecular formula is C20H15F3N4O4S2. The van der Waals surface area contributed by atoms with Crippen LogP contribution >= 0.6 is 11.3 Å². The molecule has 0 atom stereocenters. The van der Waals surface area contributed by atoms with Gasteiger partial charge >= 0.3 is 6.36 Å². The van der Waals surface area contributed by atoms with Crippen molar-refractivity contribution in [2.45, 2.75) is 12.9 Å². The molecule has 0 aliphatic heterocycles. The normalized spacial score (nSPS) is 11.1. The Balaban J connectivity index is 1.94. The van der Waals surface area contributed by atoms with E-state index in [-0.39, 0.29) is 18.0 Å². The number of aromatic nitrogens is 1. The third kappa shape index (κ3) is 6.67. The van der Waals surface area contributed by atoms with Crippen LogP contribution in [0.25, 0.3) is 0 Å². The number of nitriles is 1. The Hall–Kier alpha value is -3.63. The highest BCUT2D eigenvalue weighted by atomic mass is 32.2. The number of carbonyl (C=O) groups is 1. The number of nitrogens with one attached hydrogen (secondary N) is 1. The molecule has 1 heterocycles. The van der Waals surface area contributed by atoms with Gasteiger partial charge < -0.3 is 15.0 Å². The first-order chi connectivity index (χ1) is 15.7. The second-order valence-corrected chi connectivity index (χ2v) is 8.25. The summed E-state index contributed by atoms with van der Waals surface area (Å²) < 4.78 is 62.8. The van der Waals surface area contributed by atoms with E-state index in [0.717, 1.165) is 11.3 Å². The van der Waals surface area contributed by atoms with Crippen LogP contribution in [-0.4, -0.2) is 31.5 Å². The summed E-state index contributed by atoms with van der Waals surface area (Å²) in [5, 5.41) is 11.7. The zero-order chi connectivity index (χ0) is 24.0. The number of anilines is 2. The predicted octanol–water partition coefficient (Wildman–Crippen LogP) is 3.55. The monoisotopic (exact) mass is 496 g/mol. The summed E-state index contributed by atoms with van der Waals surface area (Å²) in [6.07, 6.45) is -4.81. The summed E-state index contributed by atoms with van der Waals surface area (Å²) in [6, 6.07) is 13.7. The van der Waals surface area contributed by atoms with E-state index in [9.17, 15) is 26.4 Å². The van der Waals surface area contributed by atoms with Crippen molar-refractivity contribution in [1.29, 1.82) is 5.26 Å². The van der Waals surface area contributed by atoms with Gasteiger partial charge in [-0.15, -0.1) is 24.5 Å². The molecule has 3 rings (SSSR count). The van der Waals surface area contributed by atoms with Gasteiger partial charge in [-0.1, -0.05) is 12.1 Å². The molecule has 0 aliphatic carbocycles. The molecule has 2 aromatic carbocycles. The summed E-state index contributed by atoms with van der Waals surface area (Å²) in [5.74, 6) is -1.62. The maximum atomic E-state index is 12.5. The highest BCUT2D eigenvalue weighted by Gasteiger charge is 2.31. The van der Waals surface area contributed by atoms with Crippen molar-refractivity contribution in [3.8, 4) is 11.8 Å². The van der Waals surface area contributed by atoms with Gasteiger partial charge in [0, 0.05) is 12.2 Å². The van der Waals surface area contributed by atoms with Crippen molar-refractivity contribution < 1.29 is 31.1 Å². The fourth-order valence-electron chi connectivity index (χ4n) is 2.78. The van der Waals surface area contributed by atoms with Crippen LogP contribution in [-0.2, 0) is 17.2 Å². The second-order valence-electron chi connectivity index (χ2n) is 6.44. The van der Waals surface area contributed by atoms with Crippen LogP contribution in [0.3, 0.4) is 0 Å². The van der Waals surface area contributed by atoms with Crippen molar-refractivity contribution >= 4 is 38.6 Å². The summed E-state index contributed by atoms with van der Waals surface area (Å²) >= 11 is 1.12. The highest BCUT2D eigenvalue weighted by Crippen LogP contribution is 2.34. The van der Waals surface area contributed by atoms with Gasteiger partial charge in [-0.05, 0) is 42.0 Å². The number of hydrogen-bond acceptors (Lipinski definition) is 8. The molecule has 0 aliphatic rings. The number of nitrogens with zero attached hydrogens (tertiary/aromatic N) is 3. The molecule has 0 unspecified atom stereocenters. The second kappa shape index (κ2) is 10.3. The maximum Gasteiger partial charge on any atom is 0.573 e. The highest BCUT2D eigenvalue weighted by molar-refractivity contribution is 7.72. The number of thiazole rings is 1. The Bertz CT molecular complexity index is 1230. The zero-order valence-corrected chi connectivity index (χ0v) is 18.3. The van der Waals surface area contributed by atoms with Crippen LogP contribution in [0.15, 0.2) is 54.0 Å². The smallest absolute Gasteiger partial charge is 0.406 e. The molecule has 172 valence electrons. The predicted molar refractivity (Wildman–Crippen MR) is 115 cm³/mol. The minimum atomic E-state index is -4.81. The van der Waals surface area contributed by atoms with Crippen LogP contribution in [0, 0.1) is 11.3 Å². The number of halogens is 3. The van der Waals surface area contributed by atoms with Gasteiger partial charge in [-0.2, -0.15) is 5.26 Å². The van der Waals surface area contributed by atoms with Crippen molar-refractivity contribution in [3.63, 3.8) is 0 Å². The van der Waals surface area contributed by atoms with Crippen molar-refractivity contribution in [1.82, 2.24) is 10.3 Å². The van der Waals surface area contributed by atoms with E-state index in [2.05, 4.69) is 15.0 Å². The van der Waals surface area contributed by atoms with Gasteiger partial charge in [0.25, 0.3) is 5.91 Å². The molecule has 1 aromatic heterocycles. The first kappa shape index (κ1) is 24.0. The summed E-state index contributed by atoms with van der Waals surface area (Å²) in [5.41, 5.74) is 2.99. The molecule has 1 amide bonds. The van der Waals surface area contributed by atoms with Crippen molar-refractivity contribution in [3.05, 3.63) is 70.9 Å². The quantitative estimate of drug-likeness (QED) is 0.459. The average Bonchev–Trinajstić information content (AvgIpc) is 3.25. The van der Waals surface area contributed by atoms with E-state index in [1.807, 2.05) is 6.07 Å². The Morgan fingerprint density at radius 2 is 1.82 bits per heavy atom. The first-order valence-electron chi connectivity index (χ1n) is 9.12. The van der Waals surface area contributed by atoms with Crippen LogP contribution in [0.5, 0.6) is 5.75 Å². The van der Waals surface area contributed by atoms with E-state index in [1.165, 1.54) is 29.8 Å². The Morgan fingerprint density at radius 3 is 2.39 bits per heavy atom. The van der Waals surface area contributed by atoms with E-state index < -0.39 is 28.9 Å². The van der Waals surface area contributed by atoms with E-state index in [0.29, 0.717) is 21.8 Å². The molecule has 8 nitrogen and oxygen atoms in total. The molecule has 0 fully saturated rings. The SMILES string of the molecule is N#Cc1ccc(N(Cc2ccc(OC(F)(F)F)cc2)c2scnc2C(=O)NC[SH](=O)=O)cc1. The Morgan fingerprint density at radius 1 is 1.15 bits per heavy atom. The first-order valence-corrected chi connectivity index (χ1v) is 11.4. The lowest BCUT2D eigenvalue weighted by Crippen LogP contribution is -2.27. The lowest BCUT2D eigenvalue weighted by molar-refractivity contribution is -0.274. The lowest BCUT2D eigenvalue weighted by atomic mass is 10.1. The number of alkyl halides is 3. The molecule has 13 heteroatoms. The van der Waals surface area contributed by atoms with Gasteiger partial charge in [0.05, 0.1) is 17.1 Å². The Kier molecular flexibility index (Phi) is 7.52. The number of carbonyl (C=O) groups excluding carboxylic acids is 1. The molecule has 0 spiro atoms. The van der Waals surface area contributed by atoms with Gasteiger partial charge in [0.1, 0.15) is 16.6 Å². The van der Waals surface area contributed by atoms with Crippen LogP contribution in [0.4, 0.5) is 23.9 Å². The molecule has 0 bridgehead atoms. The minimum Gasteiger partial charge on any atom is -0.406 e. The van der Waals surface area contributed by atoms with Crippen LogP contribution in [0.1, 0.15) is 21.6 Å². The topological polar surface area (TPSA) is 112 Å². The van der Waals surface area contributed by atoms with Gasteiger partial charge in [0.2, 0.25) is 0 Å². The van der Waals surface area contributed by atoms with Crippen molar-refractivity contribution in [2.75, 3.05) is 10.8 Å².